The zero-order valence-corrected chi connectivity index (χ0v) is 12.0. The number of hydrogen-bond acceptors (Lipinski definition) is 4. The van der Waals surface area contributed by atoms with Gasteiger partial charge in [0.25, 0.3) is 0 Å². The number of fused-ring (bicyclic) bond motifs is 1. The van der Waals surface area contributed by atoms with Crippen LogP contribution < -0.4 is 11.5 Å². The van der Waals surface area contributed by atoms with E-state index in [-0.39, 0.29) is 0 Å². The number of anilines is 1. The molecule has 2 aromatic rings. The van der Waals surface area contributed by atoms with Gasteiger partial charge in [-0.3, -0.25) is 0 Å². The van der Waals surface area contributed by atoms with Crippen molar-refractivity contribution in [1.82, 2.24) is 14.8 Å². The molecule has 1 aromatic heterocycles. The molecule has 5 heteroatoms. The largest absolute Gasteiger partial charge is 0.399 e. The second kappa shape index (κ2) is 4.90. The Kier molecular flexibility index (Phi) is 3.22. The molecule has 1 aliphatic rings. The monoisotopic (exact) mass is 271 g/mol. The molecule has 0 saturated heterocycles. The molecule has 106 valence electrons. The van der Waals surface area contributed by atoms with Gasteiger partial charge < -0.3 is 11.5 Å². The van der Waals surface area contributed by atoms with Crippen molar-refractivity contribution in [1.29, 1.82) is 0 Å². The molecular weight excluding hydrogens is 250 g/mol. The Balaban J connectivity index is 2.04. The number of aromatic nitrogens is 3. The summed E-state index contributed by atoms with van der Waals surface area (Å²) in [6.07, 6.45) is 1.10. The quantitative estimate of drug-likeness (QED) is 0.820. The number of benzene rings is 1. The normalized spacial score (nSPS) is 25.4. The molecule has 0 amide bonds. The Morgan fingerprint density at radius 2 is 1.95 bits per heavy atom. The summed E-state index contributed by atoms with van der Waals surface area (Å²) >= 11 is 0. The van der Waals surface area contributed by atoms with E-state index in [0.29, 0.717) is 24.4 Å². The highest BCUT2D eigenvalue weighted by Crippen LogP contribution is 2.36. The third-order valence-electron chi connectivity index (χ3n) is 4.23. The van der Waals surface area contributed by atoms with E-state index in [1.807, 2.05) is 28.9 Å². The minimum atomic E-state index is 0.293. The van der Waals surface area contributed by atoms with Crippen LogP contribution in [0.25, 0.3) is 11.4 Å². The van der Waals surface area contributed by atoms with Gasteiger partial charge in [0.1, 0.15) is 5.82 Å². The van der Waals surface area contributed by atoms with E-state index < -0.39 is 0 Å². The average molecular weight is 271 g/mol. The van der Waals surface area contributed by atoms with Gasteiger partial charge in [-0.1, -0.05) is 6.92 Å². The Labute approximate surface area is 119 Å². The van der Waals surface area contributed by atoms with Crippen molar-refractivity contribution in [3.05, 3.63) is 30.1 Å². The van der Waals surface area contributed by atoms with Gasteiger partial charge in [0.05, 0.1) is 6.04 Å². The molecule has 0 fully saturated rings. The molecule has 5 nitrogen and oxygen atoms in total. The Hall–Kier alpha value is -1.88. The van der Waals surface area contributed by atoms with Gasteiger partial charge in [-0.25, -0.2) is 9.67 Å². The number of nitrogens with two attached hydrogens (primary N) is 2. The summed E-state index contributed by atoms with van der Waals surface area (Å²) < 4.78 is 2.04. The maximum atomic E-state index is 5.92. The summed E-state index contributed by atoms with van der Waals surface area (Å²) in [5.41, 5.74) is 13.4. The predicted octanol–water partition coefficient (Wildman–Crippen LogP) is 2.17. The molecule has 3 atom stereocenters. The summed E-state index contributed by atoms with van der Waals surface area (Å²) in [7, 11) is 0. The Morgan fingerprint density at radius 1 is 1.25 bits per heavy atom. The highest BCUT2D eigenvalue weighted by Gasteiger charge is 2.32. The van der Waals surface area contributed by atoms with Gasteiger partial charge in [-0.05, 0) is 43.5 Å². The third kappa shape index (κ3) is 2.08. The molecule has 0 aliphatic carbocycles. The lowest BCUT2D eigenvalue weighted by molar-refractivity contribution is 0.272. The molecule has 4 N–H and O–H groups in total. The van der Waals surface area contributed by atoms with Crippen molar-refractivity contribution in [3.63, 3.8) is 0 Å². The van der Waals surface area contributed by atoms with Crippen molar-refractivity contribution >= 4 is 5.69 Å². The molecule has 0 radical (unpaired) electrons. The van der Waals surface area contributed by atoms with Crippen LogP contribution in [-0.2, 0) is 0 Å². The zero-order chi connectivity index (χ0) is 14.3. The minimum Gasteiger partial charge on any atom is -0.399 e. The van der Waals surface area contributed by atoms with E-state index in [2.05, 4.69) is 18.9 Å². The highest BCUT2D eigenvalue weighted by molar-refractivity contribution is 5.58. The van der Waals surface area contributed by atoms with E-state index in [4.69, 9.17) is 16.5 Å². The maximum absolute atomic E-state index is 5.92. The van der Waals surface area contributed by atoms with Gasteiger partial charge in [0.15, 0.2) is 5.82 Å². The molecule has 1 aliphatic heterocycles. The van der Waals surface area contributed by atoms with Crippen LogP contribution in [0.4, 0.5) is 5.69 Å². The standard InChI is InChI=1S/C15H21N5/c1-9-7-10(2)20-15(13(9)8-16)18-14(19-20)11-3-5-12(17)6-4-11/h3-6,9-10,13H,7-8,16-17H2,1-2H3. The van der Waals surface area contributed by atoms with Crippen LogP contribution in [0.15, 0.2) is 24.3 Å². The lowest BCUT2D eigenvalue weighted by Crippen LogP contribution is -2.31. The SMILES string of the molecule is CC1CC(C)n2nc(-c3ccc(N)cc3)nc2C1CN. The van der Waals surface area contributed by atoms with Crippen LogP contribution in [-0.4, -0.2) is 21.3 Å². The van der Waals surface area contributed by atoms with Crippen LogP contribution in [0, 0.1) is 5.92 Å². The molecule has 3 unspecified atom stereocenters. The maximum Gasteiger partial charge on any atom is 0.181 e. The second-order valence-corrected chi connectivity index (χ2v) is 5.76. The summed E-state index contributed by atoms with van der Waals surface area (Å²) in [5.74, 6) is 2.62. The zero-order valence-electron chi connectivity index (χ0n) is 12.0. The van der Waals surface area contributed by atoms with Gasteiger partial charge in [0, 0.05) is 23.7 Å². The van der Waals surface area contributed by atoms with E-state index in [1.165, 1.54) is 0 Å². The van der Waals surface area contributed by atoms with Gasteiger partial charge in [0.2, 0.25) is 0 Å². The van der Waals surface area contributed by atoms with E-state index >= 15 is 0 Å². The second-order valence-electron chi connectivity index (χ2n) is 5.76. The highest BCUT2D eigenvalue weighted by atomic mass is 15.4. The molecule has 0 saturated carbocycles. The lowest BCUT2D eigenvalue weighted by atomic mass is 9.85. The first-order chi connectivity index (χ1) is 9.60. The van der Waals surface area contributed by atoms with Crippen molar-refractivity contribution in [2.24, 2.45) is 11.7 Å². The fraction of sp³-hybridized carbons (Fsp3) is 0.467. The van der Waals surface area contributed by atoms with Crippen LogP contribution in [0.3, 0.4) is 0 Å². The molecule has 2 heterocycles. The Bertz CT molecular complexity index is 601. The molecule has 0 spiro atoms. The summed E-state index contributed by atoms with van der Waals surface area (Å²) in [6, 6.07) is 8.05. The van der Waals surface area contributed by atoms with Crippen LogP contribution in [0.1, 0.15) is 38.1 Å². The molecule has 1 aromatic carbocycles. The van der Waals surface area contributed by atoms with E-state index in [0.717, 1.165) is 29.3 Å². The molecule has 3 rings (SSSR count). The molecular formula is C15H21N5. The first-order valence-corrected chi connectivity index (χ1v) is 7.12. The van der Waals surface area contributed by atoms with Crippen molar-refractivity contribution in [3.8, 4) is 11.4 Å². The van der Waals surface area contributed by atoms with E-state index in [9.17, 15) is 0 Å². The molecule has 0 bridgehead atoms. The number of nitrogens with zero attached hydrogens (tertiary/aromatic N) is 3. The first kappa shape index (κ1) is 13.1. The van der Waals surface area contributed by atoms with Crippen molar-refractivity contribution in [2.45, 2.75) is 32.2 Å². The average Bonchev–Trinajstić information content (AvgIpc) is 2.85. The summed E-state index contributed by atoms with van der Waals surface area (Å²) in [4.78, 5) is 4.73. The van der Waals surface area contributed by atoms with Gasteiger partial charge in [-0.15, -0.1) is 0 Å². The predicted molar refractivity (Wildman–Crippen MR) is 80.2 cm³/mol. The van der Waals surface area contributed by atoms with Crippen LogP contribution in [0.2, 0.25) is 0 Å². The van der Waals surface area contributed by atoms with Crippen molar-refractivity contribution < 1.29 is 0 Å². The van der Waals surface area contributed by atoms with Crippen LogP contribution >= 0.6 is 0 Å². The number of rotatable bonds is 2. The smallest absolute Gasteiger partial charge is 0.181 e. The summed E-state index contributed by atoms with van der Waals surface area (Å²) in [6.45, 7) is 5.05. The lowest BCUT2D eigenvalue weighted by Gasteiger charge is -2.31. The number of nitrogen functional groups attached to an aromatic ring is 1. The minimum absolute atomic E-state index is 0.293. The molecule has 20 heavy (non-hydrogen) atoms. The van der Waals surface area contributed by atoms with Gasteiger partial charge >= 0.3 is 0 Å². The fourth-order valence-corrected chi connectivity index (χ4v) is 3.06. The van der Waals surface area contributed by atoms with Gasteiger partial charge in [-0.2, -0.15) is 5.10 Å². The third-order valence-corrected chi connectivity index (χ3v) is 4.23. The fourth-order valence-electron chi connectivity index (χ4n) is 3.06. The van der Waals surface area contributed by atoms with Crippen molar-refractivity contribution in [2.75, 3.05) is 12.3 Å². The topological polar surface area (TPSA) is 82.8 Å². The Morgan fingerprint density at radius 3 is 2.60 bits per heavy atom. The first-order valence-electron chi connectivity index (χ1n) is 7.12. The summed E-state index contributed by atoms with van der Waals surface area (Å²) in [5, 5.41) is 4.67. The number of hydrogen-bond donors (Lipinski definition) is 2. The van der Waals surface area contributed by atoms with E-state index in [1.54, 1.807) is 0 Å². The van der Waals surface area contributed by atoms with Crippen LogP contribution in [0.5, 0.6) is 0 Å².